The number of nitrogens with zero attached hydrogens (tertiary/aromatic N) is 4. The van der Waals surface area contributed by atoms with E-state index in [1.807, 2.05) is 11.2 Å². The van der Waals surface area contributed by atoms with Crippen molar-refractivity contribution in [2.45, 2.75) is 62.9 Å². The molecular weight excluding hydrogens is 509 g/mol. The highest BCUT2D eigenvalue weighted by atomic mass is 32.2. The first-order valence-corrected chi connectivity index (χ1v) is 13.2. The number of ether oxygens (including phenoxy) is 2. The zero-order chi connectivity index (χ0) is 27.0. The number of carbonyl (C=O) groups is 1. The molecule has 2 aliphatic rings. The number of aromatic nitrogens is 2. The summed E-state index contributed by atoms with van der Waals surface area (Å²) in [6, 6.07) is 4.98. The Morgan fingerprint density at radius 1 is 1.22 bits per heavy atom. The molecule has 3 heterocycles. The summed E-state index contributed by atoms with van der Waals surface area (Å²) in [5.74, 6) is 0.569. The topological polar surface area (TPSA) is 88.0 Å². The second-order valence-corrected chi connectivity index (χ2v) is 10.8. The molecule has 0 radical (unpaired) electrons. The van der Waals surface area contributed by atoms with Gasteiger partial charge in [0.1, 0.15) is 11.4 Å². The third-order valence-corrected chi connectivity index (χ3v) is 6.82. The SMILES string of the molecule is CSc1nc2c(c(N3CCN(C(=O)OC(C)(C)C)C[C@@H]3CO)n1)COC(c1ccccc1C(F)(F)F)C2. The fraction of sp³-hybridized carbons (Fsp3) is 0.560. The second kappa shape index (κ2) is 10.7. The molecule has 202 valence electrons. The molecule has 4 rings (SSSR count). The summed E-state index contributed by atoms with van der Waals surface area (Å²) in [5.41, 5.74) is 0.0178. The van der Waals surface area contributed by atoms with E-state index in [9.17, 15) is 23.1 Å². The Morgan fingerprint density at radius 2 is 1.95 bits per heavy atom. The molecule has 1 fully saturated rings. The minimum Gasteiger partial charge on any atom is -0.444 e. The van der Waals surface area contributed by atoms with Crippen molar-refractivity contribution in [3.05, 3.63) is 46.6 Å². The van der Waals surface area contributed by atoms with Crippen molar-refractivity contribution in [3.8, 4) is 0 Å². The van der Waals surface area contributed by atoms with Gasteiger partial charge >= 0.3 is 12.3 Å². The lowest BCUT2D eigenvalue weighted by molar-refractivity contribution is -0.139. The number of alkyl halides is 3. The number of thioether (sulfide) groups is 1. The van der Waals surface area contributed by atoms with Crippen LogP contribution in [0.5, 0.6) is 0 Å². The lowest BCUT2D eigenvalue weighted by Gasteiger charge is -2.42. The predicted molar refractivity (Wildman–Crippen MR) is 133 cm³/mol. The van der Waals surface area contributed by atoms with Crippen molar-refractivity contribution in [1.29, 1.82) is 0 Å². The minimum atomic E-state index is -4.50. The molecule has 2 aliphatic heterocycles. The molecule has 12 heteroatoms. The smallest absolute Gasteiger partial charge is 0.416 e. The highest BCUT2D eigenvalue weighted by molar-refractivity contribution is 7.98. The highest BCUT2D eigenvalue weighted by Gasteiger charge is 2.39. The van der Waals surface area contributed by atoms with E-state index in [1.165, 1.54) is 23.9 Å². The third kappa shape index (κ3) is 6.12. The maximum atomic E-state index is 13.6. The number of benzene rings is 1. The molecule has 2 aromatic rings. The summed E-state index contributed by atoms with van der Waals surface area (Å²) in [6.45, 7) is 6.17. The first-order chi connectivity index (χ1) is 17.4. The van der Waals surface area contributed by atoms with Crippen LogP contribution < -0.4 is 4.90 Å². The lowest BCUT2D eigenvalue weighted by atomic mass is 9.95. The number of piperazine rings is 1. The van der Waals surface area contributed by atoms with E-state index in [2.05, 4.69) is 9.97 Å². The molecule has 0 aliphatic carbocycles. The fourth-order valence-corrected chi connectivity index (χ4v) is 4.96. The quantitative estimate of drug-likeness (QED) is 0.450. The van der Waals surface area contributed by atoms with Gasteiger partial charge in [0.25, 0.3) is 0 Å². The van der Waals surface area contributed by atoms with Crippen LogP contribution in [0.3, 0.4) is 0 Å². The summed E-state index contributed by atoms with van der Waals surface area (Å²) < 4.78 is 52.3. The molecule has 8 nitrogen and oxygen atoms in total. The number of aliphatic hydroxyl groups is 1. The Hall–Kier alpha value is -2.57. The van der Waals surface area contributed by atoms with Crippen molar-refractivity contribution in [2.75, 3.05) is 37.4 Å². The average molecular weight is 541 g/mol. The number of carbonyl (C=O) groups excluding carboxylic acids is 1. The van der Waals surface area contributed by atoms with Gasteiger partial charge in [0.05, 0.1) is 36.6 Å². The molecule has 1 aromatic carbocycles. The number of amides is 1. The summed E-state index contributed by atoms with van der Waals surface area (Å²) >= 11 is 1.33. The van der Waals surface area contributed by atoms with Crippen LogP contribution in [0.15, 0.2) is 29.4 Å². The molecule has 0 saturated carbocycles. The van der Waals surface area contributed by atoms with Gasteiger partial charge in [-0.2, -0.15) is 13.2 Å². The van der Waals surface area contributed by atoms with Gasteiger partial charge < -0.3 is 24.4 Å². The van der Waals surface area contributed by atoms with Crippen molar-refractivity contribution in [1.82, 2.24) is 14.9 Å². The molecule has 0 spiro atoms. The Bertz CT molecular complexity index is 1140. The fourth-order valence-electron chi connectivity index (χ4n) is 4.58. The van der Waals surface area contributed by atoms with Gasteiger partial charge in [-0.1, -0.05) is 30.0 Å². The number of fused-ring (bicyclic) bond motifs is 1. The normalized spacial score (nSPS) is 20.5. The number of rotatable bonds is 4. The summed E-state index contributed by atoms with van der Waals surface area (Å²) in [5, 5.41) is 10.7. The molecule has 1 amide bonds. The zero-order valence-electron chi connectivity index (χ0n) is 21.2. The molecule has 37 heavy (non-hydrogen) atoms. The second-order valence-electron chi connectivity index (χ2n) is 10.0. The standard InChI is InChI=1S/C25H31F3N4O4S/c1-24(2,3)36-23(34)31-9-10-32(15(12-31)13-33)21-17-14-35-20(11-19(17)29-22(30-21)37-4)16-7-5-6-8-18(16)25(26,27)28/h5-8,15,20,33H,9-14H2,1-4H3/t15-,20?/m1/s1. The number of hydrogen-bond donors (Lipinski definition) is 1. The van der Waals surface area contributed by atoms with E-state index in [0.29, 0.717) is 35.3 Å². The maximum absolute atomic E-state index is 13.6. The average Bonchev–Trinajstić information content (AvgIpc) is 2.85. The largest absolute Gasteiger partial charge is 0.444 e. The van der Waals surface area contributed by atoms with Gasteiger partial charge in [-0.05, 0) is 38.7 Å². The molecule has 1 aromatic heterocycles. The van der Waals surface area contributed by atoms with E-state index in [1.54, 1.807) is 31.7 Å². The van der Waals surface area contributed by atoms with Crippen LogP contribution in [0, 0.1) is 0 Å². The number of hydrogen-bond acceptors (Lipinski definition) is 8. The molecule has 0 bridgehead atoms. The summed E-state index contributed by atoms with van der Waals surface area (Å²) in [7, 11) is 0. The van der Waals surface area contributed by atoms with E-state index in [-0.39, 0.29) is 31.7 Å². The highest BCUT2D eigenvalue weighted by Crippen LogP contribution is 2.40. The van der Waals surface area contributed by atoms with Crippen LogP contribution in [0.1, 0.15) is 49.3 Å². The monoisotopic (exact) mass is 540 g/mol. The summed E-state index contributed by atoms with van der Waals surface area (Å²) in [6.07, 6.45) is -3.77. The lowest BCUT2D eigenvalue weighted by Crippen LogP contribution is -2.57. The third-order valence-electron chi connectivity index (χ3n) is 6.27. The van der Waals surface area contributed by atoms with E-state index in [0.717, 1.165) is 6.07 Å². The van der Waals surface area contributed by atoms with Crippen molar-refractivity contribution < 1.29 is 32.5 Å². The number of halogens is 3. The van der Waals surface area contributed by atoms with E-state index < -0.39 is 35.6 Å². The summed E-state index contributed by atoms with van der Waals surface area (Å²) in [4.78, 5) is 25.4. The Kier molecular flexibility index (Phi) is 7.91. The van der Waals surface area contributed by atoms with Crippen molar-refractivity contribution >= 4 is 23.7 Å². The van der Waals surface area contributed by atoms with E-state index >= 15 is 0 Å². The minimum absolute atomic E-state index is 0.0284. The zero-order valence-corrected chi connectivity index (χ0v) is 22.0. The van der Waals surface area contributed by atoms with Gasteiger partial charge in [-0.15, -0.1) is 0 Å². The van der Waals surface area contributed by atoms with Gasteiger partial charge in [0.2, 0.25) is 0 Å². The van der Waals surface area contributed by atoms with Crippen molar-refractivity contribution in [3.63, 3.8) is 0 Å². The van der Waals surface area contributed by atoms with E-state index in [4.69, 9.17) is 9.47 Å². The van der Waals surface area contributed by atoms with Crippen LogP contribution in [0.4, 0.5) is 23.8 Å². The number of anilines is 1. The molecule has 1 N–H and O–H groups in total. The molecular formula is C25H31F3N4O4S. The molecule has 1 unspecified atom stereocenters. The Labute approximate surface area is 218 Å². The van der Waals surface area contributed by atoms with Crippen LogP contribution >= 0.6 is 11.8 Å². The first-order valence-electron chi connectivity index (χ1n) is 12.0. The number of aliphatic hydroxyl groups excluding tert-OH is 1. The molecule has 2 atom stereocenters. The van der Waals surface area contributed by atoms with Crippen LogP contribution in [0.2, 0.25) is 0 Å². The van der Waals surface area contributed by atoms with Gasteiger partial charge in [0, 0.05) is 31.6 Å². The Balaban J connectivity index is 1.62. The van der Waals surface area contributed by atoms with Crippen LogP contribution in [0.25, 0.3) is 0 Å². The van der Waals surface area contributed by atoms with Gasteiger partial charge in [-0.3, -0.25) is 0 Å². The molecule has 1 saturated heterocycles. The van der Waals surface area contributed by atoms with Crippen LogP contribution in [-0.2, 0) is 28.7 Å². The van der Waals surface area contributed by atoms with Gasteiger partial charge in [0.15, 0.2) is 5.16 Å². The van der Waals surface area contributed by atoms with Crippen LogP contribution in [-0.4, -0.2) is 70.2 Å². The van der Waals surface area contributed by atoms with Crippen molar-refractivity contribution in [2.24, 2.45) is 0 Å². The Morgan fingerprint density at radius 3 is 2.59 bits per heavy atom. The predicted octanol–water partition coefficient (Wildman–Crippen LogP) is 4.45. The maximum Gasteiger partial charge on any atom is 0.416 e. The first kappa shape index (κ1) is 27.5. The van der Waals surface area contributed by atoms with Gasteiger partial charge in [-0.25, -0.2) is 14.8 Å².